The zero-order chi connectivity index (χ0) is 9.10. The molecule has 0 radical (unpaired) electrons. The van der Waals surface area contributed by atoms with Gasteiger partial charge in [-0.1, -0.05) is 18.2 Å². The Morgan fingerprint density at radius 3 is 3.08 bits per heavy atom. The number of allylic oxidation sites excluding steroid dienone is 5. The molecule has 0 saturated carbocycles. The van der Waals surface area contributed by atoms with Gasteiger partial charge in [-0.05, 0) is 6.08 Å². The van der Waals surface area contributed by atoms with Crippen molar-refractivity contribution in [1.29, 1.82) is 0 Å². The highest BCUT2D eigenvalue weighted by atomic mass is 16.2. The molecule has 0 fully saturated rings. The van der Waals surface area contributed by atoms with Gasteiger partial charge in [0.1, 0.15) is 0 Å². The first kappa shape index (κ1) is 7.73. The van der Waals surface area contributed by atoms with Crippen molar-refractivity contribution in [2.24, 2.45) is 4.99 Å². The summed E-state index contributed by atoms with van der Waals surface area (Å²) >= 11 is 0. The molecule has 64 valence electrons. The summed E-state index contributed by atoms with van der Waals surface area (Å²) in [6.45, 7) is 0. The van der Waals surface area contributed by atoms with E-state index in [9.17, 15) is 4.79 Å². The molecule has 0 aromatic heterocycles. The summed E-state index contributed by atoms with van der Waals surface area (Å²) in [6.07, 6.45) is 13.7. The van der Waals surface area contributed by atoms with E-state index in [4.69, 9.17) is 0 Å². The summed E-state index contributed by atoms with van der Waals surface area (Å²) in [4.78, 5) is 16.9. The number of hydrogen-bond acceptors (Lipinski definition) is 2. The minimum Gasteiger partial charge on any atom is -0.281 e. The van der Waals surface area contributed by atoms with Crippen LogP contribution < -0.4 is 0 Å². The number of rotatable bonds is 0. The molecule has 2 heterocycles. The van der Waals surface area contributed by atoms with Gasteiger partial charge < -0.3 is 0 Å². The number of aliphatic imine (C=N–C) groups is 1. The SMILES string of the molecule is O=C1\C=C/C=C\C=C2\C=NC=CN12. The van der Waals surface area contributed by atoms with Gasteiger partial charge in [-0.3, -0.25) is 14.7 Å². The van der Waals surface area contributed by atoms with Crippen molar-refractivity contribution in [3.05, 3.63) is 48.5 Å². The van der Waals surface area contributed by atoms with Crippen LogP contribution in [0.5, 0.6) is 0 Å². The second-order valence-electron chi connectivity index (χ2n) is 2.62. The van der Waals surface area contributed by atoms with Crippen LogP contribution >= 0.6 is 0 Å². The van der Waals surface area contributed by atoms with Crippen LogP contribution in [0.1, 0.15) is 0 Å². The van der Waals surface area contributed by atoms with Crippen molar-refractivity contribution in [1.82, 2.24) is 4.90 Å². The van der Waals surface area contributed by atoms with E-state index >= 15 is 0 Å². The second-order valence-corrected chi connectivity index (χ2v) is 2.62. The largest absolute Gasteiger partial charge is 0.281 e. The molecule has 3 nitrogen and oxygen atoms in total. The van der Waals surface area contributed by atoms with Crippen LogP contribution in [-0.2, 0) is 4.79 Å². The molecular weight excluding hydrogens is 164 g/mol. The molecule has 13 heavy (non-hydrogen) atoms. The Morgan fingerprint density at radius 2 is 2.15 bits per heavy atom. The Kier molecular flexibility index (Phi) is 1.92. The Morgan fingerprint density at radius 1 is 1.23 bits per heavy atom. The lowest BCUT2D eigenvalue weighted by molar-refractivity contribution is -0.121. The molecule has 2 aliphatic rings. The standard InChI is InChI=1S/C10H8N2O/c13-10-5-3-1-2-4-9-8-11-6-7-12(9)10/h1-8H/b2-1-,5-3-,9-4-. The van der Waals surface area contributed by atoms with Crippen LogP contribution in [0.15, 0.2) is 53.5 Å². The van der Waals surface area contributed by atoms with Crippen molar-refractivity contribution < 1.29 is 4.79 Å². The van der Waals surface area contributed by atoms with Crippen LogP contribution in [0.4, 0.5) is 0 Å². The molecule has 0 atom stereocenters. The summed E-state index contributed by atoms with van der Waals surface area (Å²) < 4.78 is 0. The van der Waals surface area contributed by atoms with E-state index in [1.54, 1.807) is 29.6 Å². The van der Waals surface area contributed by atoms with E-state index < -0.39 is 0 Å². The number of carbonyl (C=O) groups excluding carboxylic acids is 1. The van der Waals surface area contributed by atoms with Gasteiger partial charge in [0.25, 0.3) is 5.91 Å². The van der Waals surface area contributed by atoms with Gasteiger partial charge in [-0.25, -0.2) is 0 Å². The summed E-state index contributed by atoms with van der Waals surface area (Å²) in [5, 5.41) is 0. The zero-order valence-corrected chi connectivity index (χ0v) is 6.92. The third kappa shape index (κ3) is 1.49. The van der Waals surface area contributed by atoms with Crippen LogP contribution in [-0.4, -0.2) is 17.0 Å². The molecule has 2 rings (SSSR count). The van der Waals surface area contributed by atoms with Gasteiger partial charge in [0.15, 0.2) is 0 Å². The maximum atomic E-state index is 11.5. The molecule has 0 saturated heterocycles. The Bertz CT molecular complexity index is 372. The Balaban J connectivity index is 2.43. The molecule has 1 amide bonds. The number of fused-ring (bicyclic) bond motifs is 1. The minimum atomic E-state index is -0.0574. The van der Waals surface area contributed by atoms with Gasteiger partial charge in [0.2, 0.25) is 0 Å². The van der Waals surface area contributed by atoms with Crippen molar-refractivity contribution in [3.8, 4) is 0 Å². The average Bonchev–Trinajstić information content (AvgIpc) is 2.14. The van der Waals surface area contributed by atoms with E-state index in [2.05, 4.69) is 4.99 Å². The van der Waals surface area contributed by atoms with Crippen molar-refractivity contribution in [2.75, 3.05) is 0 Å². The predicted molar refractivity (Wildman–Crippen MR) is 50.8 cm³/mol. The van der Waals surface area contributed by atoms with Gasteiger partial charge in [0.05, 0.1) is 11.9 Å². The lowest BCUT2D eigenvalue weighted by atomic mass is 10.2. The second kappa shape index (κ2) is 3.23. The van der Waals surface area contributed by atoms with Crippen LogP contribution in [0.2, 0.25) is 0 Å². The molecule has 0 spiro atoms. The molecule has 0 N–H and O–H groups in total. The minimum absolute atomic E-state index is 0.0574. The molecule has 0 bridgehead atoms. The molecule has 3 heteroatoms. The van der Waals surface area contributed by atoms with Gasteiger partial charge in [-0.2, -0.15) is 0 Å². The average molecular weight is 172 g/mol. The first-order valence-electron chi connectivity index (χ1n) is 3.96. The topological polar surface area (TPSA) is 32.7 Å². The van der Waals surface area contributed by atoms with E-state index in [0.717, 1.165) is 5.70 Å². The lowest BCUT2D eigenvalue weighted by Crippen LogP contribution is -2.25. The summed E-state index contributed by atoms with van der Waals surface area (Å²) in [6, 6.07) is 0. The fraction of sp³-hybridized carbons (Fsp3) is 0. The molecule has 0 aromatic rings. The van der Waals surface area contributed by atoms with Gasteiger partial charge in [0, 0.05) is 18.5 Å². The number of amides is 1. The fourth-order valence-corrected chi connectivity index (χ4v) is 1.13. The Labute approximate surface area is 76.1 Å². The normalized spacial score (nSPS) is 28.5. The lowest BCUT2D eigenvalue weighted by Gasteiger charge is -2.19. The van der Waals surface area contributed by atoms with E-state index in [0.29, 0.717) is 0 Å². The van der Waals surface area contributed by atoms with Crippen molar-refractivity contribution >= 4 is 12.1 Å². The molecule has 2 aliphatic heterocycles. The number of carbonyl (C=O) groups is 1. The summed E-state index contributed by atoms with van der Waals surface area (Å²) in [7, 11) is 0. The van der Waals surface area contributed by atoms with E-state index in [1.165, 1.54) is 6.08 Å². The van der Waals surface area contributed by atoms with Crippen molar-refractivity contribution in [3.63, 3.8) is 0 Å². The monoisotopic (exact) mass is 172 g/mol. The predicted octanol–water partition coefficient (Wildman–Crippen LogP) is 1.38. The highest BCUT2D eigenvalue weighted by Gasteiger charge is 2.13. The van der Waals surface area contributed by atoms with Crippen LogP contribution in [0, 0.1) is 0 Å². The third-order valence-electron chi connectivity index (χ3n) is 1.75. The molecule has 0 aliphatic carbocycles. The van der Waals surface area contributed by atoms with Crippen LogP contribution in [0.25, 0.3) is 0 Å². The maximum absolute atomic E-state index is 11.5. The van der Waals surface area contributed by atoms with Crippen molar-refractivity contribution in [2.45, 2.75) is 0 Å². The van der Waals surface area contributed by atoms with E-state index in [1.807, 2.05) is 18.2 Å². The smallest absolute Gasteiger partial charge is 0.255 e. The number of hydrogen-bond donors (Lipinski definition) is 0. The highest BCUT2D eigenvalue weighted by Crippen LogP contribution is 2.10. The highest BCUT2D eigenvalue weighted by molar-refractivity contribution is 5.96. The third-order valence-corrected chi connectivity index (χ3v) is 1.75. The van der Waals surface area contributed by atoms with E-state index in [-0.39, 0.29) is 5.91 Å². The zero-order valence-electron chi connectivity index (χ0n) is 6.92. The molecule has 0 unspecified atom stereocenters. The first-order chi connectivity index (χ1) is 6.38. The first-order valence-corrected chi connectivity index (χ1v) is 3.96. The summed E-state index contributed by atoms with van der Waals surface area (Å²) in [5.74, 6) is -0.0574. The fourth-order valence-electron chi connectivity index (χ4n) is 1.13. The maximum Gasteiger partial charge on any atom is 0.255 e. The molecule has 0 aromatic carbocycles. The molecular formula is C10H8N2O. The summed E-state index contributed by atoms with van der Waals surface area (Å²) in [5.41, 5.74) is 0.785. The quantitative estimate of drug-likeness (QED) is 0.543. The van der Waals surface area contributed by atoms with Crippen LogP contribution in [0.3, 0.4) is 0 Å². The van der Waals surface area contributed by atoms with Gasteiger partial charge in [-0.15, -0.1) is 0 Å². The Hall–Kier alpha value is -1.90. The number of nitrogens with zero attached hydrogens (tertiary/aromatic N) is 2. The van der Waals surface area contributed by atoms with Gasteiger partial charge >= 0.3 is 0 Å².